The zero-order chi connectivity index (χ0) is 12.5. The van der Waals surface area contributed by atoms with Crippen molar-refractivity contribution in [3.8, 4) is 0 Å². The van der Waals surface area contributed by atoms with E-state index < -0.39 is 0 Å². The highest BCUT2D eigenvalue weighted by Crippen LogP contribution is 2.13. The second kappa shape index (κ2) is 8.86. The lowest BCUT2D eigenvalue weighted by Crippen LogP contribution is -2.40. The quantitative estimate of drug-likeness (QED) is 0.653. The maximum atomic E-state index is 5.50. The molecule has 0 saturated carbocycles. The molecule has 1 N–H and O–H groups in total. The molecule has 4 nitrogen and oxygen atoms in total. The van der Waals surface area contributed by atoms with Crippen molar-refractivity contribution in [3.63, 3.8) is 0 Å². The largest absolute Gasteiger partial charge is 0.352 e. The summed E-state index contributed by atoms with van der Waals surface area (Å²) in [6, 6.07) is 0. The first-order valence-corrected chi connectivity index (χ1v) is 6.88. The number of ether oxygens (including phenoxy) is 2. The molecule has 0 aromatic heterocycles. The Morgan fingerprint density at radius 1 is 1.29 bits per heavy atom. The average molecular weight is 244 g/mol. The molecule has 0 radical (unpaired) electrons. The Morgan fingerprint density at radius 3 is 2.59 bits per heavy atom. The monoisotopic (exact) mass is 244 g/mol. The van der Waals surface area contributed by atoms with Crippen LogP contribution in [0.15, 0.2) is 0 Å². The molecule has 1 aliphatic rings. The van der Waals surface area contributed by atoms with Crippen molar-refractivity contribution in [2.24, 2.45) is 5.92 Å². The Kier molecular flexibility index (Phi) is 7.77. The van der Waals surface area contributed by atoms with Gasteiger partial charge in [0.2, 0.25) is 0 Å². The molecule has 1 atom stereocenters. The van der Waals surface area contributed by atoms with Crippen LogP contribution in [0.1, 0.15) is 26.7 Å². The highest BCUT2D eigenvalue weighted by Gasteiger charge is 2.17. The number of nitrogens with zero attached hydrogens (tertiary/aromatic N) is 1. The van der Waals surface area contributed by atoms with Crippen molar-refractivity contribution in [1.29, 1.82) is 0 Å². The third-order valence-corrected chi connectivity index (χ3v) is 3.17. The molecule has 1 heterocycles. The molecule has 102 valence electrons. The third-order valence-electron chi connectivity index (χ3n) is 3.17. The van der Waals surface area contributed by atoms with Crippen LogP contribution in [0.5, 0.6) is 0 Å². The maximum absolute atomic E-state index is 5.50. The van der Waals surface area contributed by atoms with E-state index in [-0.39, 0.29) is 6.29 Å². The normalized spacial score (nSPS) is 22.2. The van der Waals surface area contributed by atoms with Gasteiger partial charge in [-0.3, -0.25) is 0 Å². The van der Waals surface area contributed by atoms with Crippen LogP contribution in [-0.2, 0) is 9.47 Å². The van der Waals surface area contributed by atoms with E-state index in [1.165, 1.54) is 25.9 Å². The summed E-state index contributed by atoms with van der Waals surface area (Å²) in [5.74, 6) is 0.776. The molecule has 0 spiro atoms. The molecule has 4 heteroatoms. The van der Waals surface area contributed by atoms with Gasteiger partial charge in [-0.2, -0.15) is 0 Å². The Hall–Kier alpha value is -0.160. The standard InChI is InChI=1S/C13H28N2O2/c1-4-16-13(17-5-2)10-14-9-12-7-6-8-15(3)11-12/h12-14H,4-11H2,1-3H3. The van der Waals surface area contributed by atoms with Gasteiger partial charge in [-0.05, 0) is 52.7 Å². The molecular weight excluding hydrogens is 216 g/mol. The van der Waals surface area contributed by atoms with Crippen molar-refractivity contribution in [2.45, 2.75) is 33.0 Å². The summed E-state index contributed by atoms with van der Waals surface area (Å²) in [7, 11) is 2.20. The molecule has 1 saturated heterocycles. The van der Waals surface area contributed by atoms with E-state index in [0.717, 1.165) is 19.0 Å². The number of hydrogen-bond acceptors (Lipinski definition) is 4. The van der Waals surface area contributed by atoms with Crippen LogP contribution >= 0.6 is 0 Å². The topological polar surface area (TPSA) is 33.7 Å². The van der Waals surface area contributed by atoms with E-state index in [4.69, 9.17) is 9.47 Å². The Bertz CT molecular complexity index is 180. The second-order valence-electron chi connectivity index (χ2n) is 4.77. The summed E-state index contributed by atoms with van der Waals surface area (Å²) in [6.45, 7) is 9.74. The van der Waals surface area contributed by atoms with Crippen LogP contribution < -0.4 is 5.32 Å². The number of nitrogens with one attached hydrogen (secondary N) is 1. The predicted octanol–water partition coefficient (Wildman–Crippen LogP) is 1.32. The van der Waals surface area contributed by atoms with Crippen LogP contribution in [-0.4, -0.2) is 57.6 Å². The highest BCUT2D eigenvalue weighted by atomic mass is 16.7. The lowest BCUT2D eigenvalue weighted by Gasteiger charge is -2.30. The summed E-state index contributed by atoms with van der Waals surface area (Å²) in [5, 5.41) is 3.47. The Labute approximate surface area is 106 Å². The van der Waals surface area contributed by atoms with Gasteiger partial charge in [0.1, 0.15) is 0 Å². The average Bonchev–Trinajstić information content (AvgIpc) is 2.30. The Morgan fingerprint density at radius 2 is 2.00 bits per heavy atom. The molecule has 17 heavy (non-hydrogen) atoms. The van der Waals surface area contributed by atoms with E-state index in [2.05, 4.69) is 17.3 Å². The zero-order valence-electron chi connectivity index (χ0n) is 11.6. The van der Waals surface area contributed by atoms with Crippen LogP contribution in [0.25, 0.3) is 0 Å². The smallest absolute Gasteiger partial charge is 0.169 e. The van der Waals surface area contributed by atoms with E-state index in [9.17, 15) is 0 Å². The minimum Gasteiger partial charge on any atom is -0.352 e. The van der Waals surface area contributed by atoms with E-state index in [1.807, 2.05) is 13.8 Å². The number of likely N-dealkylation sites (tertiary alicyclic amines) is 1. The lowest BCUT2D eigenvalue weighted by atomic mass is 9.98. The summed E-state index contributed by atoms with van der Waals surface area (Å²) in [5.41, 5.74) is 0. The first-order valence-electron chi connectivity index (χ1n) is 6.88. The van der Waals surface area contributed by atoms with Gasteiger partial charge in [-0.25, -0.2) is 0 Å². The molecule has 1 fully saturated rings. The molecule has 1 aliphatic heterocycles. The molecular formula is C13H28N2O2. The molecule has 1 unspecified atom stereocenters. The number of rotatable bonds is 8. The molecule has 0 aromatic carbocycles. The minimum absolute atomic E-state index is 0.0914. The van der Waals surface area contributed by atoms with Gasteiger partial charge < -0.3 is 19.7 Å². The van der Waals surface area contributed by atoms with Crippen LogP contribution in [0, 0.1) is 5.92 Å². The SMILES string of the molecule is CCOC(CNCC1CCCN(C)C1)OCC. The molecule has 0 aliphatic carbocycles. The first kappa shape index (κ1) is 14.9. The third kappa shape index (κ3) is 6.36. The van der Waals surface area contributed by atoms with Crippen molar-refractivity contribution >= 4 is 0 Å². The number of hydrogen-bond donors (Lipinski definition) is 1. The van der Waals surface area contributed by atoms with Crippen molar-refractivity contribution in [3.05, 3.63) is 0 Å². The van der Waals surface area contributed by atoms with E-state index in [1.54, 1.807) is 0 Å². The van der Waals surface area contributed by atoms with Crippen LogP contribution in [0.3, 0.4) is 0 Å². The molecule has 1 rings (SSSR count). The fourth-order valence-electron chi connectivity index (χ4n) is 2.38. The van der Waals surface area contributed by atoms with Gasteiger partial charge in [-0.1, -0.05) is 0 Å². The van der Waals surface area contributed by atoms with Gasteiger partial charge in [0, 0.05) is 26.3 Å². The minimum atomic E-state index is -0.0914. The zero-order valence-corrected chi connectivity index (χ0v) is 11.6. The summed E-state index contributed by atoms with van der Waals surface area (Å²) in [6.07, 6.45) is 2.57. The van der Waals surface area contributed by atoms with Crippen LogP contribution in [0.4, 0.5) is 0 Å². The highest BCUT2D eigenvalue weighted by molar-refractivity contribution is 4.72. The molecule has 0 bridgehead atoms. The lowest BCUT2D eigenvalue weighted by molar-refractivity contribution is -0.133. The van der Waals surface area contributed by atoms with Crippen molar-refractivity contribution in [2.75, 3.05) is 46.4 Å². The van der Waals surface area contributed by atoms with Gasteiger partial charge >= 0.3 is 0 Å². The first-order chi connectivity index (χ1) is 8.26. The molecule has 0 amide bonds. The summed E-state index contributed by atoms with van der Waals surface area (Å²) in [4.78, 5) is 2.42. The van der Waals surface area contributed by atoms with E-state index in [0.29, 0.717) is 13.2 Å². The summed E-state index contributed by atoms with van der Waals surface area (Å²) >= 11 is 0. The molecule has 0 aromatic rings. The van der Waals surface area contributed by atoms with Crippen molar-refractivity contribution in [1.82, 2.24) is 10.2 Å². The van der Waals surface area contributed by atoms with Crippen molar-refractivity contribution < 1.29 is 9.47 Å². The fraction of sp³-hybridized carbons (Fsp3) is 1.00. The van der Waals surface area contributed by atoms with Gasteiger partial charge in [0.15, 0.2) is 6.29 Å². The van der Waals surface area contributed by atoms with Gasteiger partial charge in [0.05, 0.1) is 0 Å². The number of piperidine rings is 1. The van der Waals surface area contributed by atoms with Gasteiger partial charge in [0.25, 0.3) is 0 Å². The maximum Gasteiger partial charge on any atom is 0.169 e. The fourth-order valence-corrected chi connectivity index (χ4v) is 2.38. The second-order valence-corrected chi connectivity index (χ2v) is 4.77. The predicted molar refractivity (Wildman–Crippen MR) is 70.1 cm³/mol. The van der Waals surface area contributed by atoms with Gasteiger partial charge in [-0.15, -0.1) is 0 Å². The van der Waals surface area contributed by atoms with Crippen LogP contribution in [0.2, 0.25) is 0 Å². The van der Waals surface area contributed by atoms with E-state index >= 15 is 0 Å². The Balaban J connectivity index is 2.11. The summed E-state index contributed by atoms with van der Waals surface area (Å²) < 4.78 is 11.0.